The quantitative estimate of drug-likeness (QED) is 0.900. The van der Waals surface area contributed by atoms with Crippen LogP contribution in [-0.4, -0.2) is 43.9 Å². The Kier molecular flexibility index (Phi) is 5.30. The fraction of sp³-hybridized carbons (Fsp3) is 0.750. The molecule has 1 fully saturated rings. The molecule has 0 amide bonds. The van der Waals surface area contributed by atoms with E-state index in [1.807, 2.05) is 7.05 Å². The van der Waals surface area contributed by atoms with Gasteiger partial charge in [0.2, 0.25) is 0 Å². The van der Waals surface area contributed by atoms with Crippen LogP contribution in [0.2, 0.25) is 0 Å². The van der Waals surface area contributed by atoms with Crippen LogP contribution in [0.3, 0.4) is 0 Å². The van der Waals surface area contributed by atoms with Gasteiger partial charge in [-0.3, -0.25) is 0 Å². The lowest BCUT2D eigenvalue weighted by Crippen LogP contribution is -2.38. The van der Waals surface area contributed by atoms with Crippen LogP contribution in [0.5, 0.6) is 0 Å². The summed E-state index contributed by atoms with van der Waals surface area (Å²) in [6.07, 6.45) is 1.63. The van der Waals surface area contributed by atoms with Crippen molar-refractivity contribution in [3.05, 3.63) is 22.8 Å². The average molecular weight is 293 g/mol. The standard InChI is InChI=1S/C16H27N3O2/c1-11(10-17-4)14-12(2)18-15(19-13(14)3)16(20-5)6-8-21-9-7-16/h11,17H,6-10H2,1-5H3. The van der Waals surface area contributed by atoms with Gasteiger partial charge < -0.3 is 14.8 Å². The van der Waals surface area contributed by atoms with Crippen LogP contribution in [0.15, 0.2) is 0 Å². The maximum absolute atomic E-state index is 5.81. The lowest BCUT2D eigenvalue weighted by molar-refractivity contribution is -0.100. The van der Waals surface area contributed by atoms with E-state index >= 15 is 0 Å². The van der Waals surface area contributed by atoms with Crippen molar-refractivity contribution in [3.63, 3.8) is 0 Å². The monoisotopic (exact) mass is 293 g/mol. The molecule has 1 aliphatic heterocycles. The summed E-state index contributed by atoms with van der Waals surface area (Å²) in [6, 6.07) is 0. The molecule has 0 bridgehead atoms. The molecule has 1 aromatic heterocycles. The lowest BCUT2D eigenvalue weighted by atomic mass is 9.91. The van der Waals surface area contributed by atoms with E-state index in [0.29, 0.717) is 19.1 Å². The molecular formula is C16H27N3O2. The number of aromatic nitrogens is 2. The van der Waals surface area contributed by atoms with Crippen molar-refractivity contribution in [3.8, 4) is 0 Å². The Morgan fingerprint density at radius 3 is 2.29 bits per heavy atom. The zero-order chi connectivity index (χ0) is 15.5. The average Bonchev–Trinajstić information content (AvgIpc) is 2.47. The molecule has 1 N–H and O–H groups in total. The highest BCUT2D eigenvalue weighted by molar-refractivity contribution is 5.29. The Bertz CT molecular complexity index is 461. The van der Waals surface area contributed by atoms with E-state index in [4.69, 9.17) is 19.4 Å². The van der Waals surface area contributed by atoms with Crippen LogP contribution < -0.4 is 5.32 Å². The van der Waals surface area contributed by atoms with Crippen LogP contribution >= 0.6 is 0 Å². The molecule has 1 aliphatic rings. The predicted molar refractivity (Wildman–Crippen MR) is 82.6 cm³/mol. The van der Waals surface area contributed by atoms with Gasteiger partial charge in [-0.15, -0.1) is 0 Å². The number of likely N-dealkylation sites (N-methyl/N-ethyl adjacent to an activating group) is 1. The third-order valence-corrected chi connectivity index (χ3v) is 4.43. The van der Waals surface area contributed by atoms with E-state index in [2.05, 4.69) is 26.1 Å². The van der Waals surface area contributed by atoms with Crippen molar-refractivity contribution in [1.82, 2.24) is 15.3 Å². The Morgan fingerprint density at radius 2 is 1.81 bits per heavy atom. The minimum absolute atomic E-state index is 0.390. The molecule has 2 heterocycles. The van der Waals surface area contributed by atoms with E-state index in [1.54, 1.807) is 7.11 Å². The second-order valence-electron chi connectivity index (χ2n) is 5.90. The number of hydrogen-bond donors (Lipinski definition) is 1. The third kappa shape index (κ3) is 3.25. The number of nitrogens with one attached hydrogen (secondary N) is 1. The van der Waals surface area contributed by atoms with Crippen molar-refractivity contribution in [1.29, 1.82) is 0 Å². The molecule has 0 radical (unpaired) electrons. The highest BCUT2D eigenvalue weighted by Gasteiger charge is 2.38. The van der Waals surface area contributed by atoms with Gasteiger partial charge in [0.05, 0.1) is 0 Å². The summed E-state index contributed by atoms with van der Waals surface area (Å²) in [7, 11) is 3.72. The maximum atomic E-state index is 5.81. The summed E-state index contributed by atoms with van der Waals surface area (Å²) >= 11 is 0. The Morgan fingerprint density at radius 1 is 1.24 bits per heavy atom. The molecule has 0 spiro atoms. The van der Waals surface area contributed by atoms with Crippen molar-refractivity contribution < 1.29 is 9.47 Å². The second kappa shape index (κ2) is 6.81. The molecule has 1 atom stereocenters. The molecular weight excluding hydrogens is 266 g/mol. The van der Waals surface area contributed by atoms with E-state index in [-0.39, 0.29) is 0 Å². The van der Waals surface area contributed by atoms with Crippen LogP contribution in [0.25, 0.3) is 0 Å². The van der Waals surface area contributed by atoms with Crippen LogP contribution in [0.1, 0.15) is 48.5 Å². The van der Waals surface area contributed by atoms with Crippen molar-refractivity contribution in [2.45, 2.75) is 45.1 Å². The van der Waals surface area contributed by atoms with Crippen LogP contribution in [-0.2, 0) is 15.1 Å². The molecule has 118 valence electrons. The van der Waals surface area contributed by atoms with Gasteiger partial charge in [0, 0.05) is 51.1 Å². The van der Waals surface area contributed by atoms with Crippen molar-refractivity contribution in [2.24, 2.45) is 0 Å². The van der Waals surface area contributed by atoms with Gasteiger partial charge in [-0.05, 0) is 32.4 Å². The molecule has 1 unspecified atom stereocenters. The van der Waals surface area contributed by atoms with E-state index in [0.717, 1.165) is 36.6 Å². The first kappa shape index (κ1) is 16.3. The molecule has 5 nitrogen and oxygen atoms in total. The molecule has 0 aliphatic carbocycles. The second-order valence-corrected chi connectivity index (χ2v) is 5.90. The first-order valence-corrected chi connectivity index (χ1v) is 7.67. The number of nitrogens with zero attached hydrogens (tertiary/aromatic N) is 2. The Hall–Kier alpha value is -1.04. The van der Waals surface area contributed by atoms with Gasteiger partial charge in [-0.1, -0.05) is 6.92 Å². The molecule has 1 aromatic rings. The minimum atomic E-state index is -0.390. The zero-order valence-corrected chi connectivity index (χ0v) is 13.8. The van der Waals surface area contributed by atoms with E-state index in [9.17, 15) is 0 Å². The smallest absolute Gasteiger partial charge is 0.160 e. The zero-order valence-electron chi connectivity index (χ0n) is 13.8. The van der Waals surface area contributed by atoms with Gasteiger partial charge in [0.15, 0.2) is 5.82 Å². The molecule has 2 rings (SSSR count). The number of ether oxygens (including phenoxy) is 2. The summed E-state index contributed by atoms with van der Waals surface area (Å²) in [4.78, 5) is 9.57. The molecule has 0 saturated carbocycles. The maximum Gasteiger partial charge on any atom is 0.160 e. The first-order chi connectivity index (χ1) is 10.0. The summed E-state index contributed by atoms with van der Waals surface area (Å²) in [5, 5.41) is 3.22. The number of methoxy groups -OCH3 is 1. The largest absolute Gasteiger partial charge is 0.381 e. The molecule has 5 heteroatoms. The van der Waals surface area contributed by atoms with Crippen LogP contribution in [0.4, 0.5) is 0 Å². The van der Waals surface area contributed by atoms with Crippen molar-refractivity contribution >= 4 is 0 Å². The Labute approximate surface area is 127 Å². The molecule has 1 saturated heterocycles. The first-order valence-electron chi connectivity index (χ1n) is 7.67. The summed E-state index contributed by atoms with van der Waals surface area (Å²) in [5.74, 6) is 1.21. The minimum Gasteiger partial charge on any atom is -0.381 e. The highest BCUT2D eigenvalue weighted by Crippen LogP contribution is 2.34. The number of hydrogen-bond acceptors (Lipinski definition) is 5. The summed E-state index contributed by atoms with van der Waals surface area (Å²) in [5.41, 5.74) is 2.97. The summed E-state index contributed by atoms with van der Waals surface area (Å²) in [6.45, 7) is 8.67. The topological polar surface area (TPSA) is 56.3 Å². The normalized spacial score (nSPS) is 19.5. The third-order valence-electron chi connectivity index (χ3n) is 4.43. The Balaban J connectivity index is 2.38. The number of aryl methyl sites for hydroxylation is 2. The van der Waals surface area contributed by atoms with Gasteiger partial charge in [0.25, 0.3) is 0 Å². The van der Waals surface area contributed by atoms with Gasteiger partial charge in [0.1, 0.15) is 5.60 Å². The fourth-order valence-corrected chi connectivity index (χ4v) is 3.27. The number of rotatable bonds is 5. The molecule has 21 heavy (non-hydrogen) atoms. The van der Waals surface area contributed by atoms with Crippen molar-refractivity contribution in [2.75, 3.05) is 33.9 Å². The summed E-state index contributed by atoms with van der Waals surface area (Å²) < 4.78 is 11.3. The fourth-order valence-electron chi connectivity index (χ4n) is 3.27. The van der Waals surface area contributed by atoms with Gasteiger partial charge in [-0.25, -0.2) is 9.97 Å². The van der Waals surface area contributed by atoms with E-state index < -0.39 is 5.60 Å². The van der Waals surface area contributed by atoms with E-state index in [1.165, 1.54) is 5.56 Å². The highest BCUT2D eigenvalue weighted by atomic mass is 16.5. The van der Waals surface area contributed by atoms with Crippen LogP contribution in [0, 0.1) is 13.8 Å². The van der Waals surface area contributed by atoms with Gasteiger partial charge in [-0.2, -0.15) is 0 Å². The molecule has 0 aromatic carbocycles. The SMILES string of the molecule is CNCC(C)c1c(C)nc(C2(OC)CCOCC2)nc1C. The predicted octanol–water partition coefficient (Wildman–Crippen LogP) is 2.07. The lowest BCUT2D eigenvalue weighted by Gasteiger charge is -2.35. The van der Waals surface area contributed by atoms with Gasteiger partial charge >= 0.3 is 0 Å².